The van der Waals surface area contributed by atoms with E-state index in [9.17, 15) is 9.59 Å². The first kappa shape index (κ1) is 20.0. The van der Waals surface area contributed by atoms with Gasteiger partial charge in [0.25, 0.3) is 5.56 Å². The molecule has 4 aromatic rings. The van der Waals surface area contributed by atoms with Crippen LogP contribution in [0, 0.1) is 6.92 Å². The number of benzene rings is 2. The van der Waals surface area contributed by atoms with E-state index in [-0.39, 0.29) is 11.5 Å². The zero-order valence-corrected chi connectivity index (χ0v) is 17.6. The van der Waals surface area contributed by atoms with Gasteiger partial charge in [-0.25, -0.2) is 4.52 Å². The Morgan fingerprint density at radius 2 is 2.00 bits per heavy atom. The topological polar surface area (TPSA) is 77.6 Å². The summed E-state index contributed by atoms with van der Waals surface area (Å²) >= 11 is 6.11. The minimum atomic E-state index is -0.556. The van der Waals surface area contributed by atoms with E-state index in [1.165, 1.54) is 13.2 Å². The van der Waals surface area contributed by atoms with Crippen molar-refractivity contribution in [1.82, 2.24) is 14.2 Å². The van der Waals surface area contributed by atoms with E-state index in [0.29, 0.717) is 34.2 Å². The molecule has 0 bridgehead atoms. The fourth-order valence-electron chi connectivity index (χ4n) is 3.78. The van der Waals surface area contributed by atoms with Gasteiger partial charge in [-0.15, -0.1) is 0 Å². The van der Waals surface area contributed by atoms with E-state index in [2.05, 4.69) is 10.3 Å². The summed E-state index contributed by atoms with van der Waals surface area (Å²) < 4.78 is 9.06. The number of hydrogen-bond acceptors (Lipinski definition) is 4. The van der Waals surface area contributed by atoms with Crippen LogP contribution >= 0.6 is 11.6 Å². The summed E-state index contributed by atoms with van der Waals surface area (Å²) in [6, 6.07) is 13.6. The monoisotopic (exact) mass is 424 g/mol. The Bertz CT molecular complexity index is 1330. The number of carbonyl (C=O) groups is 1. The SMILES string of the molecule is CCC(C(=O)Nc1cc(Cl)ccc1OC)n1c2ccccc2c2nc(=O)cc(C)n21. The van der Waals surface area contributed by atoms with E-state index in [4.69, 9.17) is 16.3 Å². The minimum Gasteiger partial charge on any atom is -0.495 e. The molecule has 1 amide bonds. The Morgan fingerprint density at radius 1 is 1.23 bits per heavy atom. The first-order valence-electron chi connectivity index (χ1n) is 9.58. The van der Waals surface area contributed by atoms with Crippen LogP contribution in [-0.4, -0.2) is 27.2 Å². The van der Waals surface area contributed by atoms with Crippen molar-refractivity contribution < 1.29 is 9.53 Å². The van der Waals surface area contributed by atoms with Gasteiger partial charge in [-0.3, -0.25) is 14.3 Å². The lowest BCUT2D eigenvalue weighted by molar-refractivity contribution is -0.119. The molecule has 0 fully saturated rings. The zero-order chi connectivity index (χ0) is 21.4. The second kappa shape index (κ2) is 7.84. The summed E-state index contributed by atoms with van der Waals surface area (Å²) in [5.41, 5.74) is 2.24. The van der Waals surface area contributed by atoms with Gasteiger partial charge < -0.3 is 10.1 Å². The molecule has 7 nitrogen and oxygen atoms in total. The minimum absolute atomic E-state index is 0.223. The van der Waals surface area contributed by atoms with E-state index in [1.54, 1.807) is 18.2 Å². The number of ether oxygens (including phenoxy) is 1. The molecule has 0 aliphatic rings. The van der Waals surface area contributed by atoms with E-state index < -0.39 is 6.04 Å². The van der Waals surface area contributed by atoms with Crippen molar-refractivity contribution in [1.29, 1.82) is 0 Å². The lowest BCUT2D eigenvalue weighted by Crippen LogP contribution is -2.29. The third-order valence-corrected chi connectivity index (χ3v) is 5.33. The van der Waals surface area contributed by atoms with Crippen molar-refractivity contribution in [3.8, 4) is 5.75 Å². The van der Waals surface area contributed by atoms with E-state index in [1.807, 2.05) is 47.3 Å². The quantitative estimate of drug-likeness (QED) is 0.520. The van der Waals surface area contributed by atoms with Crippen LogP contribution in [0.5, 0.6) is 5.75 Å². The summed E-state index contributed by atoms with van der Waals surface area (Å²) in [5.74, 6) is 0.296. The van der Waals surface area contributed by atoms with E-state index in [0.717, 1.165) is 10.9 Å². The van der Waals surface area contributed by atoms with Gasteiger partial charge in [-0.05, 0) is 43.7 Å². The summed E-state index contributed by atoms with van der Waals surface area (Å²) in [7, 11) is 1.54. The first-order chi connectivity index (χ1) is 14.4. The third kappa shape index (κ3) is 3.31. The Morgan fingerprint density at radius 3 is 2.73 bits per heavy atom. The van der Waals surface area contributed by atoms with Gasteiger partial charge in [0.2, 0.25) is 5.91 Å². The Kier molecular flexibility index (Phi) is 5.22. The van der Waals surface area contributed by atoms with Gasteiger partial charge >= 0.3 is 0 Å². The second-order valence-corrected chi connectivity index (χ2v) is 7.43. The van der Waals surface area contributed by atoms with Crippen LogP contribution in [0.15, 0.2) is 53.3 Å². The lowest BCUT2D eigenvalue weighted by Gasteiger charge is -2.21. The number of methoxy groups -OCH3 is 1. The molecule has 2 aromatic heterocycles. The van der Waals surface area contributed by atoms with Crippen LogP contribution in [0.3, 0.4) is 0 Å². The predicted octanol–water partition coefficient (Wildman–Crippen LogP) is 4.21. The number of rotatable bonds is 5. The number of nitrogens with one attached hydrogen (secondary N) is 1. The van der Waals surface area contributed by atoms with Crippen LogP contribution in [-0.2, 0) is 4.79 Å². The number of fused-ring (bicyclic) bond motifs is 3. The number of aromatic nitrogens is 3. The number of carbonyl (C=O) groups excluding carboxylic acids is 1. The Labute approximate surface area is 177 Å². The van der Waals surface area contributed by atoms with Crippen LogP contribution in [0.1, 0.15) is 25.1 Å². The van der Waals surface area contributed by atoms with Gasteiger partial charge in [0.05, 0.1) is 18.3 Å². The number of amides is 1. The highest BCUT2D eigenvalue weighted by Crippen LogP contribution is 2.31. The number of aryl methyl sites for hydroxylation is 1. The number of halogens is 1. The van der Waals surface area contributed by atoms with E-state index >= 15 is 0 Å². The zero-order valence-electron chi connectivity index (χ0n) is 16.8. The largest absolute Gasteiger partial charge is 0.495 e. The average molecular weight is 425 g/mol. The predicted molar refractivity (Wildman–Crippen MR) is 118 cm³/mol. The normalized spacial score (nSPS) is 12.3. The maximum atomic E-state index is 13.4. The fraction of sp³-hybridized carbons (Fsp3) is 0.227. The van der Waals surface area contributed by atoms with Crippen molar-refractivity contribution in [3.05, 3.63) is 69.6 Å². The molecule has 0 aliphatic heterocycles. The molecule has 1 unspecified atom stereocenters. The van der Waals surface area contributed by atoms with Crippen molar-refractivity contribution in [3.63, 3.8) is 0 Å². The van der Waals surface area contributed by atoms with Crippen LogP contribution in [0.25, 0.3) is 16.6 Å². The van der Waals surface area contributed by atoms with Crippen LogP contribution in [0.4, 0.5) is 5.69 Å². The molecule has 2 aromatic carbocycles. The number of nitrogens with zero attached hydrogens (tertiary/aromatic N) is 3. The van der Waals surface area contributed by atoms with Crippen molar-refractivity contribution in [2.45, 2.75) is 26.3 Å². The smallest absolute Gasteiger partial charge is 0.273 e. The molecular weight excluding hydrogens is 404 g/mol. The molecule has 8 heteroatoms. The Hall–Kier alpha value is -3.32. The highest BCUT2D eigenvalue weighted by atomic mass is 35.5. The number of anilines is 1. The summed E-state index contributed by atoms with van der Waals surface area (Å²) in [6.07, 6.45) is 0.522. The van der Waals surface area contributed by atoms with Crippen molar-refractivity contribution in [2.75, 3.05) is 12.4 Å². The van der Waals surface area contributed by atoms with Crippen molar-refractivity contribution >= 4 is 39.7 Å². The molecule has 4 rings (SSSR count). The molecule has 0 aliphatic carbocycles. The molecule has 0 spiro atoms. The standard InChI is InChI=1S/C22H21ClN4O3/c1-4-17(22(29)24-16-12-14(23)9-10-19(16)30-3)27-18-8-6-5-7-15(18)21-25-20(28)11-13(2)26(21)27/h5-12,17H,4H2,1-3H3,(H,24,29). The molecular formula is C22H21ClN4O3. The van der Waals surface area contributed by atoms with Crippen LogP contribution in [0.2, 0.25) is 5.02 Å². The van der Waals surface area contributed by atoms with Crippen molar-refractivity contribution in [2.24, 2.45) is 0 Å². The highest BCUT2D eigenvalue weighted by molar-refractivity contribution is 6.31. The summed E-state index contributed by atoms with van der Waals surface area (Å²) in [4.78, 5) is 29.6. The molecule has 0 saturated heterocycles. The molecule has 154 valence electrons. The third-order valence-electron chi connectivity index (χ3n) is 5.09. The van der Waals surface area contributed by atoms with Gasteiger partial charge in [0.15, 0.2) is 5.65 Å². The second-order valence-electron chi connectivity index (χ2n) is 6.99. The maximum absolute atomic E-state index is 13.4. The number of hydrogen-bond donors (Lipinski definition) is 1. The molecule has 1 N–H and O–H groups in total. The van der Waals surface area contributed by atoms with Gasteiger partial charge in [0.1, 0.15) is 11.8 Å². The van der Waals surface area contributed by atoms with Gasteiger partial charge in [-0.1, -0.05) is 30.7 Å². The lowest BCUT2D eigenvalue weighted by atomic mass is 10.2. The van der Waals surface area contributed by atoms with Gasteiger partial charge in [-0.2, -0.15) is 4.98 Å². The summed E-state index contributed by atoms with van der Waals surface area (Å²) in [5, 5.41) is 4.24. The molecule has 2 heterocycles. The average Bonchev–Trinajstić information content (AvgIpc) is 3.04. The fourth-order valence-corrected chi connectivity index (χ4v) is 3.95. The van der Waals surface area contributed by atoms with Crippen LogP contribution < -0.4 is 15.6 Å². The first-order valence-corrected chi connectivity index (χ1v) is 9.96. The Balaban J connectivity index is 1.88. The molecule has 30 heavy (non-hydrogen) atoms. The van der Waals surface area contributed by atoms with Gasteiger partial charge in [0, 0.05) is 22.2 Å². The summed E-state index contributed by atoms with van der Waals surface area (Å²) in [6.45, 7) is 3.77. The molecule has 1 atom stereocenters. The molecule has 0 radical (unpaired) electrons. The molecule has 0 saturated carbocycles. The number of para-hydroxylation sites is 1. The maximum Gasteiger partial charge on any atom is 0.273 e. The highest BCUT2D eigenvalue weighted by Gasteiger charge is 2.25.